The lowest BCUT2D eigenvalue weighted by molar-refractivity contribution is -0.156. The first kappa shape index (κ1) is 26.0. The molecule has 1 fully saturated rings. The van der Waals surface area contributed by atoms with Crippen LogP contribution in [0.4, 0.5) is 9.18 Å². The molecule has 0 bridgehead atoms. The minimum Gasteiger partial charge on any atom is -0.493 e. The number of benzene rings is 2. The van der Waals surface area contributed by atoms with Gasteiger partial charge in [-0.15, -0.1) is 0 Å². The normalized spacial score (nSPS) is 15.1. The van der Waals surface area contributed by atoms with Crippen LogP contribution in [0.15, 0.2) is 41.3 Å². The highest BCUT2D eigenvalue weighted by Gasteiger charge is 2.37. The number of ether oxygens (including phenoxy) is 3. The van der Waals surface area contributed by atoms with E-state index in [1.54, 1.807) is 57.2 Å². The number of thioether (sulfide) groups is 1. The van der Waals surface area contributed by atoms with E-state index in [0.29, 0.717) is 26.2 Å². The predicted octanol–water partition coefficient (Wildman–Crippen LogP) is 5.40. The molecule has 2 amide bonds. The molecule has 0 unspecified atom stereocenters. The molecule has 1 aliphatic heterocycles. The Morgan fingerprint density at radius 2 is 1.91 bits per heavy atom. The van der Waals surface area contributed by atoms with Gasteiger partial charge in [-0.2, -0.15) is 0 Å². The van der Waals surface area contributed by atoms with Crippen molar-refractivity contribution in [2.75, 3.05) is 13.7 Å². The standard InChI is InChI=1S/C24H23FINO6S/c1-24(2,3)33-20(28)12-27-22(29)19(34-23(27)30)11-14-9-17(26)21(18(10-14)31-4)32-13-15-7-5-6-8-16(15)25/h5-11H,12-13H2,1-4H3. The summed E-state index contributed by atoms with van der Waals surface area (Å²) in [5.74, 6) is -0.780. The van der Waals surface area contributed by atoms with Gasteiger partial charge in [0.15, 0.2) is 11.5 Å². The summed E-state index contributed by atoms with van der Waals surface area (Å²) in [7, 11) is 1.47. The van der Waals surface area contributed by atoms with E-state index in [4.69, 9.17) is 14.2 Å². The smallest absolute Gasteiger partial charge is 0.326 e. The zero-order valence-corrected chi connectivity index (χ0v) is 22.0. The Morgan fingerprint density at radius 1 is 1.21 bits per heavy atom. The number of halogens is 2. The molecule has 1 aliphatic rings. The summed E-state index contributed by atoms with van der Waals surface area (Å²) in [5, 5.41) is -0.548. The zero-order chi connectivity index (χ0) is 25.0. The molecule has 0 atom stereocenters. The van der Waals surface area contributed by atoms with Crippen molar-refractivity contribution >= 4 is 57.5 Å². The molecule has 1 heterocycles. The van der Waals surface area contributed by atoms with Gasteiger partial charge in [-0.1, -0.05) is 18.2 Å². The highest BCUT2D eigenvalue weighted by atomic mass is 127. The van der Waals surface area contributed by atoms with Gasteiger partial charge >= 0.3 is 5.97 Å². The molecule has 0 N–H and O–H groups in total. The molecule has 0 saturated carbocycles. The van der Waals surface area contributed by atoms with Gasteiger partial charge in [0.25, 0.3) is 11.1 Å². The molecule has 2 aromatic rings. The number of rotatable bonds is 7. The van der Waals surface area contributed by atoms with E-state index >= 15 is 0 Å². The predicted molar refractivity (Wildman–Crippen MR) is 135 cm³/mol. The summed E-state index contributed by atoms with van der Waals surface area (Å²) in [6.45, 7) is 4.68. The quantitative estimate of drug-likeness (QED) is 0.240. The largest absolute Gasteiger partial charge is 0.493 e. The first-order chi connectivity index (χ1) is 16.0. The summed E-state index contributed by atoms with van der Waals surface area (Å²) in [5.41, 5.74) is 0.281. The summed E-state index contributed by atoms with van der Waals surface area (Å²) in [6, 6.07) is 9.73. The van der Waals surface area contributed by atoms with E-state index in [1.165, 1.54) is 13.2 Å². The number of amides is 2. The molecule has 0 radical (unpaired) electrons. The molecule has 2 aromatic carbocycles. The number of nitrogens with zero attached hydrogens (tertiary/aromatic N) is 1. The van der Waals surface area contributed by atoms with Crippen molar-refractivity contribution in [2.45, 2.75) is 33.0 Å². The van der Waals surface area contributed by atoms with E-state index in [9.17, 15) is 18.8 Å². The Kier molecular flexibility index (Phi) is 8.24. The minimum atomic E-state index is -0.724. The highest BCUT2D eigenvalue weighted by Crippen LogP contribution is 2.37. The third-order valence-corrected chi connectivity index (χ3v) is 6.17. The molecule has 0 aromatic heterocycles. The van der Waals surface area contributed by atoms with Crippen LogP contribution in [0, 0.1) is 9.39 Å². The SMILES string of the molecule is COc1cc(C=C2SC(=O)N(CC(=O)OC(C)(C)C)C2=O)cc(I)c1OCc1ccccc1F. The Bertz CT molecular complexity index is 1160. The van der Waals surface area contributed by atoms with Gasteiger partial charge in [-0.3, -0.25) is 19.3 Å². The van der Waals surface area contributed by atoms with Crippen molar-refractivity contribution in [1.82, 2.24) is 4.90 Å². The van der Waals surface area contributed by atoms with Gasteiger partial charge in [-0.05, 0) is 85.0 Å². The Labute approximate surface area is 214 Å². The topological polar surface area (TPSA) is 82.1 Å². The van der Waals surface area contributed by atoms with Crippen LogP contribution in [0.25, 0.3) is 6.08 Å². The summed E-state index contributed by atoms with van der Waals surface area (Å²) < 4.78 is 31.0. The fourth-order valence-electron chi connectivity index (χ4n) is 3.02. The number of esters is 1. The molecule has 180 valence electrons. The molecule has 3 rings (SSSR count). The lowest BCUT2D eigenvalue weighted by Gasteiger charge is -2.21. The monoisotopic (exact) mass is 599 g/mol. The third kappa shape index (κ3) is 6.50. The van der Waals surface area contributed by atoms with E-state index in [1.807, 2.05) is 0 Å². The molecular formula is C24H23FINO6S. The van der Waals surface area contributed by atoms with Crippen LogP contribution >= 0.6 is 34.4 Å². The Hall–Kier alpha value is -2.60. The number of carbonyl (C=O) groups is 3. The molecule has 0 aliphatic carbocycles. The van der Waals surface area contributed by atoms with E-state index in [0.717, 1.165) is 16.7 Å². The van der Waals surface area contributed by atoms with Gasteiger partial charge in [0.1, 0.15) is 24.6 Å². The molecule has 34 heavy (non-hydrogen) atoms. The summed E-state index contributed by atoms with van der Waals surface area (Å²) in [4.78, 5) is 38.2. The van der Waals surface area contributed by atoms with Crippen LogP contribution < -0.4 is 9.47 Å². The zero-order valence-electron chi connectivity index (χ0n) is 19.0. The van der Waals surface area contributed by atoms with Crippen LogP contribution in [-0.4, -0.2) is 41.3 Å². The Morgan fingerprint density at radius 3 is 2.56 bits per heavy atom. The van der Waals surface area contributed by atoms with Crippen molar-refractivity contribution in [3.63, 3.8) is 0 Å². The second-order valence-electron chi connectivity index (χ2n) is 8.27. The number of imide groups is 1. The van der Waals surface area contributed by atoms with Gasteiger partial charge in [0.05, 0.1) is 15.6 Å². The van der Waals surface area contributed by atoms with Crippen molar-refractivity contribution in [3.05, 3.63) is 61.8 Å². The highest BCUT2D eigenvalue weighted by molar-refractivity contribution is 14.1. The summed E-state index contributed by atoms with van der Waals surface area (Å²) >= 11 is 2.80. The maximum absolute atomic E-state index is 13.9. The van der Waals surface area contributed by atoms with Crippen LogP contribution in [-0.2, 0) is 20.9 Å². The van der Waals surface area contributed by atoms with Gasteiger partial charge < -0.3 is 14.2 Å². The van der Waals surface area contributed by atoms with E-state index in [-0.39, 0.29) is 17.3 Å². The molecule has 0 spiro atoms. The molecule has 10 heteroatoms. The maximum atomic E-state index is 13.9. The van der Waals surface area contributed by atoms with Crippen molar-refractivity contribution in [1.29, 1.82) is 0 Å². The minimum absolute atomic E-state index is 0.0158. The van der Waals surface area contributed by atoms with E-state index < -0.39 is 29.3 Å². The third-order valence-electron chi connectivity index (χ3n) is 4.46. The number of hydrogen-bond donors (Lipinski definition) is 0. The average Bonchev–Trinajstić information content (AvgIpc) is 2.99. The lowest BCUT2D eigenvalue weighted by atomic mass is 10.1. The van der Waals surface area contributed by atoms with E-state index in [2.05, 4.69) is 22.6 Å². The number of hydrogen-bond acceptors (Lipinski definition) is 7. The van der Waals surface area contributed by atoms with Crippen LogP contribution in [0.1, 0.15) is 31.9 Å². The van der Waals surface area contributed by atoms with Gasteiger partial charge in [0, 0.05) is 5.56 Å². The van der Waals surface area contributed by atoms with Crippen LogP contribution in [0.2, 0.25) is 0 Å². The fraction of sp³-hybridized carbons (Fsp3) is 0.292. The molecule has 1 saturated heterocycles. The average molecular weight is 599 g/mol. The summed E-state index contributed by atoms with van der Waals surface area (Å²) in [6.07, 6.45) is 1.55. The van der Waals surface area contributed by atoms with Crippen LogP contribution in [0.3, 0.4) is 0 Å². The maximum Gasteiger partial charge on any atom is 0.326 e. The second kappa shape index (κ2) is 10.8. The number of methoxy groups -OCH3 is 1. The van der Waals surface area contributed by atoms with Gasteiger partial charge in [-0.25, -0.2) is 4.39 Å². The van der Waals surface area contributed by atoms with Crippen molar-refractivity contribution < 1.29 is 33.0 Å². The van der Waals surface area contributed by atoms with Crippen LogP contribution in [0.5, 0.6) is 11.5 Å². The fourth-order valence-corrected chi connectivity index (χ4v) is 4.64. The Balaban J connectivity index is 1.78. The van der Waals surface area contributed by atoms with Gasteiger partial charge in [0.2, 0.25) is 0 Å². The van der Waals surface area contributed by atoms with Crippen molar-refractivity contribution in [2.24, 2.45) is 0 Å². The first-order valence-corrected chi connectivity index (χ1v) is 12.1. The number of carbonyl (C=O) groups excluding carboxylic acids is 3. The first-order valence-electron chi connectivity index (χ1n) is 10.2. The molecule has 7 nitrogen and oxygen atoms in total. The second-order valence-corrected chi connectivity index (χ2v) is 10.4. The van der Waals surface area contributed by atoms with Crippen molar-refractivity contribution in [3.8, 4) is 11.5 Å². The lowest BCUT2D eigenvalue weighted by Crippen LogP contribution is -2.37. The molecular weight excluding hydrogens is 576 g/mol.